The Morgan fingerprint density at radius 2 is 2.35 bits per heavy atom. The Kier molecular flexibility index (Phi) is 3.53. The van der Waals surface area contributed by atoms with E-state index in [9.17, 15) is 4.79 Å². The minimum absolute atomic E-state index is 0.0172. The molecule has 5 nitrogen and oxygen atoms in total. The van der Waals surface area contributed by atoms with Gasteiger partial charge in [0, 0.05) is 18.5 Å². The van der Waals surface area contributed by atoms with Crippen LogP contribution in [0.2, 0.25) is 0 Å². The summed E-state index contributed by atoms with van der Waals surface area (Å²) in [5.74, 6) is 0.712. The van der Waals surface area contributed by atoms with Crippen molar-refractivity contribution in [3.63, 3.8) is 0 Å². The van der Waals surface area contributed by atoms with Crippen LogP contribution in [0, 0.1) is 5.92 Å². The number of likely N-dealkylation sites (tertiary alicyclic amines) is 1. The van der Waals surface area contributed by atoms with Crippen LogP contribution in [0.5, 0.6) is 5.75 Å². The smallest absolute Gasteiger partial charge is 0.220 e. The summed E-state index contributed by atoms with van der Waals surface area (Å²) in [6.07, 6.45) is 1.65. The summed E-state index contributed by atoms with van der Waals surface area (Å²) < 4.78 is 5.60. The molecule has 1 aromatic carbocycles. The van der Waals surface area contributed by atoms with Gasteiger partial charge >= 0.3 is 0 Å². The SMILES string of the molecule is CN1CCC(C(N)=O)CC1c1ccc2c(c1)NCCO2. The molecule has 1 fully saturated rings. The minimum Gasteiger partial charge on any atom is -0.490 e. The fourth-order valence-electron chi connectivity index (χ4n) is 3.10. The van der Waals surface area contributed by atoms with Gasteiger partial charge in [0.05, 0.1) is 5.69 Å². The number of amides is 1. The number of carbonyl (C=O) groups excluding carboxylic acids is 1. The van der Waals surface area contributed by atoms with Crippen LogP contribution in [-0.4, -0.2) is 37.6 Å². The Balaban J connectivity index is 1.85. The molecule has 0 spiro atoms. The summed E-state index contributed by atoms with van der Waals surface area (Å²) in [7, 11) is 2.10. The molecular weight excluding hydrogens is 254 g/mol. The molecule has 3 rings (SSSR count). The van der Waals surface area contributed by atoms with Crippen molar-refractivity contribution in [2.24, 2.45) is 11.7 Å². The van der Waals surface area contributed by atoms with E-state index >= 15 is 0 Å². The zero-order chi connectivity index (χ0) is 14.1. The maximum atomic E-state index is 11.4. The second-order valence-electron chi connectivity index (χ2n) is 5.65. The van der Waals surface area contributed by atoms with Crippen molar-refractivity contribution < 1.29 is 9.53 Å². The topological polar surface area (TPSA) is 67.6 Å². The van der Waals surface area contributed by atoms with E-state index in [1.54, 1.807) is 0 Å². The zero-order valence-corrected chi connectivity index (χ0v) is 11.8. The van der Waals surface area contributed by atoms with Crippen molar-refractivity contribution in [1.82, 2.24) is 4.90 Å². The first kappa shape index (κ1) is 13.2. The van der Waals surface area contributed by atoms with Crippen LogP contribution in [0.15, 0.2) is 18.2 Å². The maximum Gasteiger partial charge on any atom is 0.220 e. The fourth-order valence-corrected chi connectivity index (χ4v) is 3.10. The zero-order valence-electron chi connectivity index (χ0n) is 11.8. The minimum atomic E-state index is -0.178. The average molecular weight is 275 g/mol. The number of hydrogen-bond acceptors (Lipinski definition) is 4. The molecule has 1 amide bonds. The standard InChI is InChI=1S/C15H21N3O2/c1-18-6-4-11(15(16)19)9-13(18)10-2-3-14-12(8-10)17-5-7-20-14/h2-3,8,11,13,17H,4-7,9H2,1H3,(H2,16,19). The second kappa shape index (κ2) is 5.32. The molecule has 2 aliphatic heterocycles. The predicted octanol–water partition coefficient (Wildman–Crippen LogP) is 1.36. The largest absolute Gasteiger partial charge is 0.490 e. The second-order valence-corrected chi connectivity index (χ2v) is 5.65. The summed E-state index contributed by atoms with van der Waals surface area (Å²) in [5, 5.41) is 3.36. The highest BCUT2D eigenvalue weighted by Crippen LogP contribution is 2.37. The number of hydrogen-bond donors (Lipinski definition) is 2. The summed E-state index contributed by atoms with van der Waals surface area (Å²) in [6.45, 7) is 2.44. The molecule has 2 unspecified atom stereocenters. The highest BCUT2D eigenvalue weighted by atomic mass is 16.5. The summed E-state index contributed by atoms with van der Waals surface area (Å²) in [6, 6.07) is 6.49. The van der Waals surface area contributed by atoms with Crippen molar-refractivity contribution in [3.8, 4) is 5.75 Å². The molecular formula is C15H21N3O2. The first-order valence-corrected chi connectivity index (χ1v) is 7.15. The number of carbonyl (C=O) groups is 1. The number of primary amides is 1. The number of rotatable bonds is 2. The molecule has 0 bridgehead atoms. The third-order valence-corrected chi connectivity index (χ3v) is 4.34. The molecule has 2 aliphatic rings. The Hall–Kier alpha value is -1.75. The van der Waals surface area contributed by atoms with Gasteiger partial charge in [-0.25, -0.2) is 0 Å². The molecule has 108 valence electrons. The Labute approximate surface area is 119 Å². The number of nitrogens with zero attached hydrogens (tertiary/aromatic N) is 1. The van der Waals surface area contributed by atoms with Gasteiger partial charge in [-0.15, -0.1) is 0 Å². The quantitative estimate of drug-likeness (QED) is 0.855. The summed E-state index contributed by atoms with van der Waals surface area (Å²) in [5.41, 5.74) is 7.74. The summed E-state index contributed by atoms with van der Waals surface area (Å²) in [4.78, 5) is 13.7. The number of benzene rings is 1. The Bertz CT molecular complexity index is 518. The molecule has 3 N–H and O–H groups in total. The lowest BCUT2D eigenvalue weighted by Crippen LogP contribution is -2.38. The van der Waals surface area contributed by atoms with E-state index in [4.69, 9.17) is 10.5 Å². The van der Waals surface area contributed by atoms with Crippen molar-refractivity contribution >= 4 is 11.6 Å². The van der Waals surface area contributed by atoms with E-state index in [0.29, 0.717) is 6.61 Å². The molecule has 5 heteroatoms. The lowest BCUT2D eigenvalue weighted by Gasteiger charge is -2.36. The third-order valence-electron chi connectivity index (χ3n) is 4.34. The molecule has 0 saturated carbocycles. The van der Waals surface area contributed by atoms with Gasteiger partial charge in [0.25, 0.3) is 0 Å². The monoisotopic (exact) mass is 275 g/mol. The highest BCUT2D eigenvalue weighted by Gasteiger charge is 2.30. The van der Waals surface area contributed by atoms with E-state index in [-0.39, 0.29) is 17.9 Å². The first-order chi connectivity index (χ1) is 9.65. The van der Waals surface area contributed by atoms with Crippen LogP contribution >= 0.6 is 0 Å². The van der Waals surface area contributed by atoms with Gasteiger partial charge in [-0.3, -0.25) is 9.69 Å². The number of piperidine rings is 1. The van der Waals surface area contributed by atoms with E-state index in [1.807, 2.05) is 6.07 Å². The Morgan fingerprint density at radius 1 is 1.50 bits per heavy atom. The van der Waals surface area contributed by atoms with Crippen LogP contribution < -0.4 is 15.8 Å². The van der Waals surface area contributed by atoms with Crippen LogP contribution in [0.25, 0.3) is 0 Å². The van der Waals surface area contributed by atoms with Crippen LogP contribution in [0.1, 0.15) is 24.4 Å². The van der Waals surface area contributed by atoms with E-state index in [1.165, 1.54) is 5.56 Å². The molecule has 20 heavy (non-hydrogen) atoms. The van der Waals surface area contributed by atoms with Gasteiger partial charge in [0.15, 0.2) is 0 Å². The predicted molar refractivity (Wildman–Crippen MR) is 77.7 cm³/mol. The van der Waals surface area contributed by atoms with Gasteiger partial charge in [0.2, 0.25) is 5.91 Å². The first-order valence-electron chi connectivity index (χ1n) is 7.15. The average Bonchev–Trinajstić information content (AvgIpc) is 2.47. The Morgan fingerprint density at radius 3 is 3.15 bits per heavy atom. The van der Waals surface area contributed by atoms with Crippen LogP contribution in [0.4, 0.5) is 5.69 Å². The van der Waals surface area contributed by atoms with Crippen molar-refractivity contribution in [3.05, 3.63) is 23.8 Å². The maximum absolute atomic E-state index is 11.4. The van der Waals surface area contributed by atoms with Crippen molar-refractivity contribution in [2.75, 3.05) is 32.1 Å². The van der Waals surface area contributed by atoms with Gasteiger partial charge in [-0.1, -0.05) is 6.07 Å². The number of nitrogens with one attached hydrogen (secondary N) is 1. The lowest BCUT2D eigenvalue weighted by atomic mass is 9.87. The van der Waals surface area contributed by atoms with Gasteiger partial charge < -0.3 is 15.8 Å². The van der Waals surface area contributed by atoms with Gasteiger partial charge in [-0.05, 0) is 44.1 Å². The molecule has 1 saturated heterocycles. The molecule has 0 aromatic heterocycles. The normalized spacial score (nSPS) is 26.2. The van der Waals surface area contributed by atoms with Gasteiger partial charge in [-0.2, -0.15) is 0 Å². The van der Waals surface area contributed by atoms with Crippen LogP contribution in [-0.2, 0) is 4.79 Å². The highest BCUT2D eigenvalue weighted by molar-refractivity contribution is 5.76. The van der Waals surface area contributed by atoms with Crippen LogP contribution in [0.3, 0.4) is 0 Å². The number of fused-ring (bicyclic) bond motifs is 1. The number of anilines is 1. The van der Waals surface area contributed by atoms with Crippen molar-refractivity contribution in [1.29, 1.82) is 0 Å². The van der Waals surface area contributed by atoms with E-state index < -0.39 is 0 Å². The van der Waals surface area contributed by atoms with E-state index in [2.05, 4.69) is 29.4 Å². The molecule has 1 aromatic rings. The van der Waals surface area contributed by atoms with E-state index in [0.717, 1.165) is 37.4 Å². The third kappa shape index (κ3) is 2.45. The number of nitrogens with two attached hydrogens (primary N) is 1. The fraction of sp³-hybridized carbons (Fsp3) is 0.533. The van der Waals surface area contributed by atoms with Crippen molar-refractivity contribution in [2.45, 2.75) is 18.9 Å². The molecule has 2 atom stereocenters. The molecule has 0 aliphatic carbocycles. The number of ether oxygens (including phenoxy) is 1. The van der Waals surface area contributed by atoms with Gasteiger partial charge in [0.1, 0.15) is 12.4 Å². The summed E-state index contributed by atoms with van der Waals surface area (Å²) >= 11 is 0. The molecule has 2 heterocycles. The lowest BCUT2D eigenvalue weighted by molar-refractivity contribution is -0.123. The molecule has 0 radical (unpaired) electrons.